The number of hydrogen-bond acceptors (Lipinski definition) is 1. The van der Waals surface area contributed by atoms with Crippen molar-refractivity contribution in [3.8, 4) is 11.1 Å². The van der Waals surface area contributed by atoms with Gasteiger partial charge in [-0.2, -0.15) is 0 Å². The Hall–Kier alpha value is -1.81. The Labute approximate surface area is 135 Å². The van der Waals surface area contributed by atoms with E-state index in [0.29, 0.717) is 5.56 Å². The van der Waals surface area contributed by atoms with Crippen LogP contribution in [0.15, 0.2) is 48.5 Å². The third kappa shape index (κ3) is 6.06. The van der Waals surface area contributed by atoms with E-state index in [1.165, 1.54) is 24.8 Å². The van der Waals surface area contributed by atoms with Gasteiger partial charge < -0.3 is 0 Å². The summed E-state index contributed by atoms with van der Waals surface area (Å²) in [6, 6.07) is 15.3. The van der Waals surface area contributed by atoms with Crippen LogP contribution in [0.3, 0.4) is 0 Å². The van der Waals surface area contributed by atoms with Crippen molar-refractivity contribution in [2.24, 2.45) is 0 Å². The van der Waals surface area contributed by atoms with Gasteiger partial charge in [-0.05, 0) is 35.1 Å². The first-order valence-electron chi connectivity index (χ1n) is 7.87. The Morgan fingerprint density at radius 2 is 1.30 bits per heavy atom. The van der Waals surface area contributed by atoms with Crippen molar-refractivity contribution in [3.63, 3.8) is 0 Å². The van der Waals surface area contributed by atoms with E-state index in [-0.39, 0.29) is 0 Å². The average Bonchev–Trinajstić information content (AvgIpc) is 2.54. The molecule has 0 aromatic heterocycles. The van der Waals surface area contributed by atoms with Crippen LogP contribution in [0.1, 0.15) is 37.3 Å². The quantitative estimate of drug-likeness (QED) is 0.558. The van der Waals surface area contributed by atoms with Crippen LogP contribution in [0.25, 0.3) is 11.1 Å². The van der Waals surface area contributed by atoms with Gasteiger partial charge in [-0.1, -0.05) is 68.3 Å². The van der Waals surface area contributed by atoms with E-state index in [2.05, 4.69) is 35.9 Å². The third-order valence-corrected chi connectivity index (χ3v) is 3.71. The molecule has 1 nitrogen and oxygen atoms in total. The average molecular weight is 322 g/mol. The summed E-state index contributed by atoms with van der Waals surface area (Å²) >= 11 is 0. The highest BCUT2D eigenvalue weighted by molar-refractivity contribution is 5.63. The molecule has 23 heavy (non-hydrogen) atoms. The summed E-state index contributed by atoms with van der Waals surface area (Å²) in [4.78, 5) is 0. The van der Waals surface area contributed by atoms with Crippen LogP contribution in [0.4, 0.5) is 13.2 Å². The van der Waals surface area contributed by atoms with E-state index in [4.69, 9.17) is 0 Å². The lowest BCUT2D eigenvalue weighted by molar-refractivity contribution is -0.330. The molecule has 0 amide bonds. The van der Waals surface area contributed by atoms with Crippen molar-refractivity contribution in [1.29, 1.82) is 0 Å². The highest BCUT2D eigenvalue weighted by atomic mass is 19.4. The topological polar surface area (TPSA) is 9.23 Å². The minimum absolute atomic E-state index is 0.458. The standard InChI is InChI=1S/C19H21F3O/c1-2-3-4-5-15-6-10-17(11-7-15)18-12-8-16(9-13-18)14-23-19(20,21)22/h6-13H,2-5,14H2,1H3. The fraction of sp³-hybridized carbons (Fsp3) is 0.368. The summed E-state index contributed by atoms with van der Waals surface area (Å²) in [6.07, 6.45) is 0.142. The molecule has 2 aromatic rings. The minimum Gasteiger partial charge on any atom is -0.287 e. The van der Waals surface area contributed by atoms with Gasteiger partial charge in [0, 0.05) is 0 Å². The number of ether oxygens (including phenoxy) is 1. The van der Waals surface area contributed by atoms with Gasteiger partial charge in [-0.15, -0.1) is 13.2 Å². The zero-order chi connectivity index (χ0) is 16.7. The molecule has 0 aliphatic carbocycles. The van der Waals surface area contributed by atoms with Gasteiger partial charge in [0.2, 0.25) is 0 Å². The molecule has 0 aliphatic rings. The highest BCUT2D eigenvalue weighted by Gasteiger charge is 2.28. The summed E-state index contributed by atoms with van der Waals surface area (Å²) < 4.78 is 39.9. The molecule has 124 valence electrons. The van der Waals surface area contributed by atoms with Crippen molar-refractivity contribution in [1.82, 2.24) is 0 Å². The number of alkyl halides is 3. The molecule has 2 aromatic carbocycles. The lowest BCUT2D eigenvalue weighted by atomic mass is 10.0. The Balaban J connectivity index is 1.96. The Bertz CT molecular complexity index is 586. The molecule has 0 aliphatic heterocycles. The predicted molar refractivity (Wildman–Crippen MR) is 86.0 cm³/mol. The largest absolute Gasteiger partial charge is 0.522 e. The van der Waals surface area contributed by atoms with E-state index in [1.54, 1.807) is 12.1 Å². The number of halogens is 3. The molecule has 0 radical (unpaired) electrons. The van der Waals surface area contributed by atoms with E-state index >= 15 is 0 Å². The number of rotatable bonds is 7. The summed E-state index contributed by atoms with van der Waals surface area (Å²) in [5, 5.41) is 0. The molecule has 0 heterocycles. The van der Waals surface area contributed by atoms with Gasteiger partial charge in [-0.25, -0.2) is 0 Å². The number of aryl methyl sites for hydroxylation is 1. The zero-order valence-electron chi connectivity index (χ0n) is 13.2. The monoisotopic (exact) mass is 322 g/mol. The summed E-state index contributed by atoms with van der Waals surface area (Å²) in [5.74, 6) is 0. The molecule has 4 heteroatoms. The molecule has 0 bridgehead atoms. The Morgan fingerprint density at radius 3 is 1.78 bits per heavy atom. The highest BCUT2D eigenvalue weighted by Crippen LogP contribution is 2.23. The minimum atomic E-state index is -4.59. The second-order valence-electron chi connectivity index (χ2n) is 5.59. The van der Waals surface area contributed by atoms with Crippen molar-refractivity contribution in [2.75, 3.05) is 0 Å². The van der Waals surface area contributed by atoms with Gasteiger partial charge in [0.25, 0.3) is 0 Å². The van der Waals surface area contributed by atoms with Gasteiger partial charge >= 0.3 is 6.36 Å². The molecular weight excluding hydrogens is 301 g/mol. The number of unbranched alkanes of at least 4 members (excludes halogenated alkanes) is 2. The van der Waals surface area contributed by atoms with Gasteiger partial charge in [0.15, 0.2) is 0 Å². The molecule has 0 unspecified atom stereocenters. The van der Waals surface area contributed by atoms with Crippen LogP contribution in [0.5, 0.6) is 0 Å². The van der Waals surface area contributed by atoms with Crippen LogP contribution in [-0.4, -0.2) is 6.36 Å². The van der Waals surface area contributed by atoms with Crippen molar-refractivity contribution >= 4 is 0 Å². The molecular formula is C19H21F3O. The lowest BCUT2D eigenvalue weighted by Crippen LogP contribution is -2.12. The summed E-state index contributed by atoms with van der Waals surface area (Å²) in [5.41, 5.74) is 3.87. The zero-order valence-corrected chi connectivity index (χ0v) is 13.2. The first kappa shape index (κ1) is 17.5. The van der Waals surface area contributed by atoms with Crippen molar-refractivity contribution in [2.45, 2.75) is 45.6 Å². The maximum atomic E-state index is 12.0. The van der Waals surface area contributed by atoms with E-state index in [0.717, 1.165) is 17.5 Å². The number of benzene rings is 2. The van der Waals surface area contributed by atoms with E-state index in [9.17, 15) is 13.2 Å². The first-order chi connectivity index (χ1) is 11.0. The van der Waals surface area contributed by atoms with Crippen LogP contribution >= 0.6 is 0 Å². The number of hydrogen-bond donors (Lipinski definition) is 0. The molecule has 0 fully saturated rings. The molecule has 0 atom stereocenters. The van der Waals surface area contributed by atoms with Gasteiger partial charge in [0.1, 0.15) is 0 Å². The molecule has 0 saturated heterocycles. The SMILES string of the molecule is CCCCCc1ccc(-c2ccc(COC(F)(F)F)cc2)cc1. The summed E-state index contributed by atoms with van der Waals surface area (Å²) in [7, 11) is 0. The van der Waals surface area contributed by atoms with Gasteiger partial charge in [0.05, 0.1) is 6.61 Å². The molecule has 0 spiro atoms. The Morgan fingerprint density at radius 1 is 0.783 bits per heavy atom. The fourth-order valence-electron chi connectivity index (χ4n) is 2.40. The smallest absolute Gasteiger partial charge is 0.287 e. The maximum absolute atomic E-state index is 12.0. The van der Waals surface area contributed by atoms with E-state index < -0.39 is 13.0 Å². The van der Waals surface area contributed by atoms with Crippen molar-refractivity contribution < 1.29 is 17.9 Å². The van der Waals surface area contributed by atoms with Crippen LogP contribution in [-0.2, 0) is 17.8 Å². The van der Waals surface area contributed by atoms with Gasteiger partial charge in [-0.3, -0.25) is 4.74 Å². The van der Waals surface area contributed by atoms with E-state index in [1.807, 2.05) is 12.1 Å². The first-order valence-corrected chi connectivity index (χ1v) is 7.87. The molecule has 0 saturated carbocycles. The van der Waals surface area contributed by atoms with Crippen LogP contribution in [0.2, 0.25) is 0 Å². The maximum Gasteiger partial charge on any atom is 0.522 e. The predicted octanol–water partition coefficient (Wildman–Crippen LogP) is 6.12. The third-order valence-electron chi connectivity index (χ3n) is 3.71. The normalized spacial score (nSPS) is 11.7. The Kier molecular flexibility index (Phi) is 6.22. The lowest BCUT2D eigenvalue weighted by Gasteiger charge is -2.08. The molecule has 0 N–H and O–H groups in total. The van der Waals surface area contributed by atoms with Crippen LogP contribution < -0.4 is 0 Å². The summed E-state index contributed by atoms with van der Waals surface area (Å²) in [6.45, 7) is 1.73. The van der Waals surface area contributed by atoms with Crippen LogP contribution in [0, 0.1) is 0 Å². The fourth-order valence-corrected chi connectivity index (χ4v) is 2.40. The second kappa shape index (κ2) is 8.16. The molecule has 2 rings (SSSR count). The second-order valence-corrected chi connectivity index (χ2v) is 5.59. The van der Waals surface area contributed by atoms with Crippen molar-refractivity contribution in [3.05, 3.63) is 59.7 Å².